The minimum absolute atomic E-state index is 0.0628. The van der Waals surface area contributed by atoms with Crippen LogP contribution in [0.5, 0.6) is 0 Å². The number of allylic oxidation sites excluding steroid dienone is 1. The number of nitrogens with zero attached hydrogens (tertiary/aromatic N) is 4. The number of ether oxygens (including phenoxy) is 1. The molecule has 1 N–H and O–H groups in total. The summed E-state index contributed by atoms with van der Waals surface area (Å²) in [6, 6.07) is 5.20. The van der Waals surface area contributed by atoms with Gasteiger partial charge in [-0.3, -0.25) is 24.4 Å². The number of aliphatic imine (C=N–C) groups is 1. The quantitative estimate of drug-likeness (QED) is 0.434. The first-order valence-corrected chi connectivity index (χ1v) is 11.9. The van der Waals surface area contributed by atoms with Gasteiger partial charge in [0.2, 0.25) is 0 Å². The van der Waals surface area contributed by atoms with Crippen molar-refractivity contribution in [1.29, 1.82) is 0 Å². The second-order valence-corrected chi connectivity index (χ2v) is 9.26. The number of hydrazine groups is 1. The molecule has 0 radical (unpaired) electrons. The van der Waals surface area contributed by atoms with E-state index in [1.165, 1.54) is 26.1 Å². The number of carbonyl (C=O) groups is 4. The Morgan fingerprint density at radius 2 is 1.85 bits per heavy atom. The van der Waals surface area contributed by atoms with Crippen molar-refractivity contribution >= 4 is 52.5 Å². The smallest absolute Gasteiger partial charge is 0.417 e. The number of alkyl halides is 3. The first-order chi connectivity index (χ1) is 18.4. The molecular formula is C25H18ClF3N4O6. The van der Waals surface area contributed by atoms with Crippen LogP contribution in [0.1, 0.15) is 28.4 Å². The van der Waals surface area contributed by atoms with Gasteiger partial charge in [0.05, 0.1) is 40.3 Å². The number of carbonyl (C=O) groups excluding carboxylic acids is 4. The van der Waals surface area contributed by atoms with Crippen molar-refractivity contribution in [2.45, 2.75) is 19.1 Å². The molecule has 3 atom stereocenters. The lowest BCUT2D eigenvalue weighted by molar-refractivity contribution is -0.149. The number of benzene rings is 1. The molecule has 10 nitrogen and oxygen atoms in total. The van der Waals surface area contributed by atoms with E-state index >= 15 is 0 Å². The van der Waals surface area contributed by atoms with Gasteiger partial charge in [0.15, 0.2) is 17.6 Å². The maximum Gasteiger partial charge on any atom is 0.417 e. The zero-order valence-electron chi connectivity index (χ0n) is 20.2. The summed E-state index contributed by atoms with van der Waals surface area (Å²) in [5.41, 5.74) is -1.39. The van der Waals surface area contributed by atoms with Crippen molar-refractivity contribution in [3.63, 3.8) is 0 Å². The van der Waals surface area contributed by atoms with Gasteiger partial charge in [-0.15, -0.1) is 0 Å². The van der Waals surface area contributed by atoms with E-state index in [1.54, 1.807) is 12.1 Å². The van der Waals surface area contributed by atoms with E-state index in [0.717, 1.165) is 5.01 Å². The molecule has 0 saturated carbocycles. The van der Waals surface area contributed by atoms with Crippen LogP contribution in [-0.4, -0.2) is 64.1 Å². The number of imide groups is 1. The highest BCUT2D eigenvalue weighted by atomic mass is 35.5. The summed E-state index contributed by atoms with van der Waals surface area (Å²) in [5, 5.41) is 11.8. The van der Waals surface area contributed by atoms with E-state index in [4.69, 9.17) is 16.3 Å². The van der Waals surface area contributed by atoms with Crippen LogP contribution in [0.15, 0.2) is 47.1 Å². The molecule has 5 rings (SSSR count). The van der Waals surface area contributed by atoms with Gasteiger partial charge in [-0.1, -0.05) is 35.9 Å². The summed E-state index contributed by atoms with van der Waals surface area (Å²) in [6.07, 6.45) is -4.24. The number of anilines is 1. The molecule has 1 aromatic carbocycles. The van der Waals surface area contributed by atoms with Crippen LogP contribution in [0.3, 0.4) is 0 Å². The molecule has 14 heteroatoms. The average molecular weight is 563 g/mol. The molecular weight excluding hydrogens is 545 g/mol. The minimum Gasteiger partial charge on any atom is -0.506 e. The molecule has 3 heterocycles. The Labute approximate surface area is 223 Å². The molecule has 1 fully saturated rings. The van der Waals surface area contributed by atoms with Gasteiger partial charge in [-0.2, -0.15) is 18.2 Å². The highest BCUT2D eigenvalue weighted by Gasteiger charge is 2.62. The van der Waals surface area contributed by atoms with Gasteiger partial charge in [-0.25, -0.2) is 9.78 Å². The maximum atomic E-state index is 13.7. The van der Waals surface area contributed by atoms with E-state index in [-0.39, 0.29) is 34.8 Å². The van der Waals surface area contributed by atoms with Gasteiger partial charge in [0, 0.05) is 24.4 Å². The lowest BCUT2D eigenvalue weighted by Gasteiger charge is -2.29. The van der Waals surface area contributed by atoms with Crippen LogP contribution in [-0.2, 0) is 25.3 Å². The first-order valence-electron chi connectivity index (χ1n) is 11.5. The molecule has 3 aliphatic rings. The third-order valence-electron chi connectivity index (χ3n) is 6.67. The number of esters is 1. The number of pyridine rings is 1. The summed E-state index contributed by atoms with van der Waals surface area (Å²) < 4.78 is 44.3. The number of aromatic nitrogens is 1. The van der Waals surface area contributed by atoms with Crippen LogP contribution in [0.4, 0.5) is 19.0 Å². The normalized spacial score (nSPS) is 22.3. The van der Waals surface area contributed by atoms with Crippen LogP contribution >= 0.6 is 11.6 Å². The maximum absolute atomic E-state index is 13.7. The van der Waals surface area contributed by atoms with E-state index in [0.29, 0.717) is 17.3 Å². The van der Waals surface area contributed by atoms with Crippen LogP contribution < -0.4 is 5.01 Å². The third kappa shape index (κ3) is 3.95. The Hall–Kier alpha value is -4.26. The molecule has 0 unspecified atom stereocenters. The fourth-order valence-electron chi connectivity index (χ4n) is 4.96. The fraction of sp³-hybridized carbons (Fsp3) is 0.280. The first kappa shape index (κ1) is 26.4. The topological polar surface area (TPSA) is 129 Å². The summed E-state index contributed by atoms with van der Waals surface area (Å²) in [4.78, 5) is 61.2. The molecule has 1 aliphatic carbocycles. The van der Waals surface area contributed by atoms with Gasteiger partial charge in [0.1, 0.15) is 5.76 Å². The van der Waals surface area contributed by atoms with Crippen LogP contribution in [0, 0.1) is 11.8 Å². The number of hydrogen-bond donors (Lipinski definition) is 1. The van der Waals surface area contributed by atoms with E-state index in [2.05, 4.69) is 9.98 Å². The second-order valence-electron chi connectivity index (χ2n) is 8.85. The zero-order valence-corrected chi connectivity index (χ0v) is 20.9. The largest absolute Gasteiger partial charge is 0.506 e. The molecule has 0 spiro atoms. The molecule has 2 amide bonds. The highest BCUT2D eigenvalue weighted by molar-refractivity contribution is 6.40. The summed E-state index contributed by atoms with van der Waals surface area (Å²) in [5.74, 6) is -7.19. The van der Waals surface area contributed by atoms with E-state index < -0.39 is 64.0 Å². The predicted molar refractivity (Wildman–Crippen MR) is 130 cm³/mol. The number of aliphatic hydroxyl groups is 1. The molecule has 202 valence electrons. The second kappa shape index (κ2) is 9.19. The Morgan fingerprint density at radius 1 is 1.18 bits per heavy atom. The predicted octanol–water partition coefficient (Wildman–Crippen LogP) is 3.26. The third-order valence-corrected chi connectivity index (χ3v) is 6.95. The van der Waals surface area contributed by atoms with Crippen molar-refractivity contribution in [2.24, 2.45) is 16.8 Å². The van der Waals surface area contributed by atoms with Crippen molar-refractivity contribution < 1.29 is 42.2 Å². The molecule has 39 heavy (non-hydrogen) atoms. The van der Waals surface area contributed by atoms with Crippen molar-refractivity contribution in [1.82, 2.24) is 9.99 Å². The number of ketones is 1. The van der Waals surface area contributed by atoms with E-state index in [9.17, 15) is 37.5 Å². The van der Waals surface area contributed by atoms with Crippen molar-refractivity contribution in [3.8, 4) is 0 Å². The molecule has 0 bridgehead atoms. The summed E-state index contributed by atoms with van der Waals surface area (Å²) >= 11 is 6.03. The molecule has 2 aromatic rings. The lowest BCUT2D eigenvalue weighted by Crippen LogP contribution is -2.47. The number of amides is 2. The average Bonchev–Trinajstić information content (AvgIpc) is 3.47. The molecule has 2 aliphatic heterocycles. The standard InChI is InChI=1S/C25H18ClF3N4O6/c1-3-39-24(38)18-15-14(17(31-18)16-19(34)11-6-4-5-7-12(11)20(16)35)22(36)33(23(15)37)32(2)21-13(26)8-10(9-30-21)25(27,28)29/h4-9,14-15,18,34H,3H2,1-2H3/t14-,15-,18+/m1/s1. The number of rotatable bonds is 5. The monoisotopic (exact) mass is 562 g/mol. The van der Waals surface area contributed by atoms with Crippen LogP contribution in [0.2, 0.25) is 5.02 Å². The number of fused-ring (bicyclic) bond motifs is 2. The number of halogens is 4. The van der Waals surface area contributed by atoms with Gasteiger partial charge in [-0.05, 0) is 13.0 Å². The molecule has 1 aromatic heterocycles. The number of aliphatic hydroxyl groups excluding tert-OH is 1. The minimum atomic E-state index is -4.73. The lowest BCUT2D eigenvalue weighted by atomic mass is 9.85. The highest BCUT2D eigenvalue weighted by Crippen LogP contribution is 2.44. The van der Waals surface area contributed by atoms with Crippen molar-refractivity contribution in [3.05, 3.63) is 63.8 Å². The van der Waals surface area contributed by atoms with Gasteiger partial charge < -0.3 is 9.84 Å². The van der Waals surface area contributed by atoms with Crippen molar-refractivity contribution in [2.75, 3.05) is 18.7 Å². The number of hydrogen-bond acceptors (Lipinski definition) is 9. The summed E-state index contributed by atoms with van der Waals surface area (Å²) in [7, 11) is 1.18. The van der Waals surface area contributed by atoms with E-state index in [1.807, 2.05) is 0 Å². The number of Topliss-reactive ketones (excluding diaryl/α,β-unsaturated/α-hetero) is 1. The van der Waals surface area contributed by atoms with Gasteiger partial charge in [0.25, 0.3) is 11.8 Å². The Bertz CT molecular complexity index is 1520. The SMILES string of the molecule is CCOC(=O)[C@H]1N=C(C2=C(O)c3ccccc3C2=O)[C@@H]2C(=O)N(N(C)c3ncc(C(F)(F)F)cc3Cl)C(=O)[C@H]21. The Balaban J connectivity index is 1.57. The van der Waals surface area contributed by atoms with Gasteiger partial charge >= 0.3 is 12.1 Å². The molecule has 1 saturated heterocycles. The zero-order chi connectivity index (χ0) is 28.4. The Morgan fingerprint density at radius 3 is 2.44 bits per heavy atom. The summed E-state index contributed by atoms with van der Waals surface area (Å²) in [6.45, 7) is 1.47. The Kier molecular flexibility index (Phi) is 6.21. The fourth-order valence-corrected chi connectivity index (χ4v) is 5.24. The van der Waals surface area contributed by atoms with Crippen LogP contribution in [0.25, 0.3) is 5.76 Å².